The number of nitrogens with two attached hydrogens (primary N) is 1. The molecule has 0 radical (unpaired) electrons. The standard InChI is InChI=1S/C21H26N4O2/c1-21(2,3)27-13-14(22)12-23-19-15-8-4-6-10-17(15)24-20(25-19)16-9-5-7-11-18(16)26/h4-11,14,26H,12-13,22H2,1-3H3,(H,23,24,25). The molecule has 1 aromatic heterocycles. The fourth-order valence-electron chi connectivity index (χ4n) is 2.64. The van der Waals surface area contributed by atoms with Gasteiger partial charge in [-0.25, -0.2) is 9.97 Å². The van der Waals surface area contributed by atoms with Crippen molar-refractivity contribution in [3.05, 3.63) is 48.5 Å². The number of phenolic OH excluding ortho intramolecular Hbond substituents is 1. The Morgan fingerprint density at radius 3 is 2.52 bits per heavy atom. The summed E-state index contributed by atoms with van der Waals surface area (Å²) in [6, 6.07) is 14.6. The Kier molecular flexibility index (Phi) is 5.58. The quantitative estimate of drug-likeness (QED) is 0.618. The topological polar surface area (TPSA) is 93.3 Å². The second kappa shape index (κ2) is 7.90. The minimum atomic E-state index is -0.225. The van der Waals surface area contributed by atoms with Crippen LogP contribution in [0.25, 0.3) is 22.3 Å². The summed E-state index contributed by atoms with van der Waals surface area (Å²) in [4.78, 5) is 9.23. The fraction of sp³-hybridized carbons (Fsp3) is 0.333. The third-order valence-corrected chi connectivity index (χ3v) is 4.01. The predicted molar refractivity (Wildman–Crippen MR) is 109 cm³/mol. The minimum absolute atomic E-state index is 0.147. The summed E-state index contributed by atoms with van der Waals surface area (Å²) < 4.78 is 5.74. The van der Waals surface area contributed by atoms with Crippen LogP contribution >= 0.6 is 0 Å². The van der Waals surface area contributed by atoms with Crippen molar-refractivity contribution < 1.29 is 9.84 Å². The first-order valence-corrected chi connectivity index (χ1v) is 9.02. The molecule has 2 aromatic carbocycles. The zero-order chi connectivity index (χ0) is 19.4. The average molecular weight is 366 g/mol. The lowest BCUT2D eigenvalue weighted by Gasteiger charge is -2.23. The van der Waals surface area contributed by atoms with Crippen LogP contribution in [-0.4, -0.2) is 39.9 Å². The first-order chi connectivity index (χ1) is 12.8. The lowest BCUT2D eigenvalue weighted by atomic mass is 10.1. The molecule has 4 N–H and O–H groups in total. The van der Waals surface area contributed by atoms with Crippen molar-refractivity contribution in [1.82, 2.24) is 9.97 Å². The molecule has 3 aromatic rings. The van der Waals surface area contributed by atoms with E-state index in [1.54, 1.807) is 18.2 Å². The van der Waals surface area contributed by atoms with Gasteiger partial charge in [-0.15, -0.1) is 0 Å². The second-order valence-corrected chi connectivity index (χ2v) is 7.49. The Morgan fingerprint density at radius 1 is 1.07 bits per heavy atom. The first-order valence-electron chi connectivity index (χ1n) is 9.02. The largest absolute Gasteiger partial charge is 0.507 e. The molecule has 1 heterocycles. The van der Waals surface area contributed by atoms with E-state index in [1.165, 1.54) is 0 Å². The number of phenols is 1. The lowest BCUT2D eigenvalue weighted by Crippen LogP contribution is -2.37. The Balaban J connectivity index is 1.87. The van der Waals surface area contributed by atoms with Gasteiger partial charge in [0.15, 0.2) is 5.82 Å². The number of hydrogen-bond acceptors (Lipinski definition) is 6. The van der Waals surface area contributed by atoms with E-state index in [-0.39, 0.29) is 17.4 Å². The predicted octanol–water partition coefficient (Wildman–Crippen LogP) is 3.56. The van der Waals surface area contributed by atoms with Crippen LogP contribution in [0.3, 0.4) is 0 Å². The summed E-state index contributed by atoms with van der Waals surface area (Å²) in [6.45, 7) is 6.97. The van der Waals surface area contributed by atoms with Crippen LogP contribution in [-0.2, 0) is 4.74 Å². The van der Waals surface area contributed by atoms with Gasteiger partial charge in [-0.2, -0.15) is 0 Å². The molecule has 0 aliphatic rings. The number of rotatable bonds is 6. The van der Waals surface area contributed by atoms with Crippen LogP contribution in [0, 0.1) is 0 Å². The molecule has 0 bridgehead atoms. The normalized spacial score (nSPS) is 12.9. The summed E-state index contributed by atoms with van der Waals surface area (Å²) in [7, 11) is 0. The molecule has 3 rings (SSSR count). The molecular formula is C21H26N4O2. The highest BCUT2D eigenvalue weighted by Crippen LogP contribution is 2.29. The van der Waals surface area contributed by atoms with Crippen molar-refractivity contribution in [2.24, 2.45) is 5.73 Å². The van der Waals surface area contributed by atoms with Crippen molar-refractivity contribution in [1.29, 1.82) is 0 Å². The highest BCUT2D eigenvalue weighted by Gasteiger charge is 2.15. The van der Waals surface area contributed by atoms with E-state index in [2.05, 4.69) is 15.3 Å². The van der Waals surface area contributed by atoms with Gasteiger partial charge in [0.25, 0.3) is 0 Å². The Bertz CT molecular complexity index is 921. The molecule has 0 aliphatic carbocycles. The number of nitrogens with one attached hydrogen (secondary N) is 1. The maximum absolute atomic E-state index is 10.2. The Labute approximate surface area is 159 Å². The van der Waals surface area contributed by atoms with Gasteiger partial charge in [0.2, 0.25) is 0 Å². The molecule has 0 fully saturated rings. The zero-order valence-corrected chi connectivity index (χ0v) is 15.9. The van der Waals surface area contributed by atoms with Gasteiger partial charge in [-0.05, 0) is 45.0 Å². The van der Waals surface area contributed by atoms with Gasteiger partial charge in [0, 0.05) is 18.0 Å². The van der Waals surface area contributed by atoms with Crippen LogP contribution < -0.4 is 11.1 Å². The summed E-state index contributed by atoms with van der Waals surface area (Å²) in [5.74, 6) is 1.30. The molecule has 27 heavy (non-hydrogen) atoms. The average Bonchev–Trinajstić information content (AvgIpc) is 2.64. The number of aromatic hydroxyl groups is 1. The molecule has 142 valence electrons. The highest BCUT2D eigenvalue weighted by molar-refractivity contribution is 5.90. The Hall–Kier alpha value is -2.70. The van der Waals surface area contributed by atoms with E-state index in [1.807, 2.05) is 51.1 Å². The van der Waals surface area contributed by atoms with Gasteiger partial charge >= 0.3 is 0 Å². The lowest BCUT2D eigenvalue weighted by molar-refractivity contribution is -0.00851. The molecule has 6 nitrogen and oxygen atoms in total. The molecule has 1 unspecified atom stereocenters. The van der Waals surface area contributed by atoms with E-state index in [0.29, 0.717) is 30.4 Å². The van der Waals surface area contributed by atoms with Crippen LogP contribution in [0.4, 0.5) is 5.82 Å². The SMILES string of the molecule is CC(C)(C)OCC(N)CNc1nc(-c2ccccc2O)nc2ccccc12. The third-order valence-electron chi connectivity index (χ3n) is 4.01. The van der Waals surface area contributed by atoms with Crippen molar-refractivity contribution in [2.45, 2.75) is 32.4 Å². The van der Waals surface area contributed by atoms with Gasteiger partial charge in [-0.3, -0.25) is 0 Å². The molecule has 0 aliphatic heterocycles. The van der Waals surface area contributed by atoms with Crippen molar-refractivity contribution in [3.8, 4) is 17.1 Å². The number of nitrogens with zero attached hydrogens (tertiary/aromatic N) is 2. The maximum Gasteiger partial charge on any atom is 0.165 e. The van der Waals surface area contributed by atoms with Crippen LogP contribution in [0.1, 0.15) is 20.8 Å². The van der Waals surface area contributed by atoms with Crippen molar-refractivity contribution >= 4 is 16.7 Å². The molecule has 0 saturated carbocycles. The van der Waals surface area contributed by atoms with Crippen LogP contribution in [0.15, 0.2) is 48.5 Å². The molecule has 0 spiro atoms. The van der Waals surface area contributed by atoms with Gasteiger partial charge in [-0.1, -0.05) is 24.3 Å². The van der Waals surface area contributed by atoms with Gasteiger partial charge in [0.05, 0.1) is 23.3 Å². The number of aromatic nitrogens is 2. The van der Waals surface area contributed by atoms with E-state index in [9.17, 15) is 5.11 Å². The highest BCUT2D eigenvalue weighted by atomic mass is 16.5. The summed E-state index contributed by atoms with van der Waals surface area (Å²) >= 11 is 0. The number of fused-ring (bicyclic) bond motifs is 1. The smallest absolute Gasteiger partial charge is 0.165 e. The molecule has 0 saturated heterocycles. The summed E-state index contributed by atoms with van der Waals surface area (Å²) in [5.41, 5.74) is 7.34. The van der Waals surface area contributed by atoms with E-state index in [0.717, 1.165) is 10.9 Å². The molecule has 6 heteroatoms. The maximum atomic E-state index is 10.2. The number of anilines is 1. The van der Waals surface area contributed by atoms with E-state index < -0.39 is 0 Å². The number of hydrogen-bond donors (Lipinski definition) is 3. The Morgan fingerprint density at radius 2 is 1.78 bits per heavy atom. The molecule has 1 atom stereocenters. The van der Waals surface area contributed by atoms with Gasteiger partial charge in [0.1, 0.15) is 11.6 Å². The van der Waals surface area contributed by atoms with Crippen LogP contribution in [0.2, 0.25) is 0 Å². The fourth-order valence-corrected chi connectivity index (χ4v) is 2.64. The zero-order valence-electron chi connectivity index (χ0n) is 15.9. The summed E-state index contributed by atoms with van der Waals surface area (Å²) in [6.07, 6.45) is 0. The second-order valence-electron chi connectivity index (χ2n) is 7.49. The molecule has 0 amide bonds. The first kappa shape index (κ1) is 19.1. The van der Waals surface area contributed by atoms with Crippen molar-refractivity contribution in [2.75, 3.05) is 18.5 Å². The molecular weight excluding hydrogens is 340 g/mol. The van der Waals surface area contributed by atoms with E-state index in [4.69, 9.17) is 10.5 Å². The van der Waals surface area contributed by atoms with Crippen molar-refractivity contribution in [3.63, 3.8) is 0 Å². The third kappa shape index (κ3) is 4.93. The minimum Gasteiger partial charge on any atom is -0.507 e. The summed E-state index contributed by atoms with van der Waals surface area (Å²) in [5, 5.41) is 14.4. The monoisotopic (exact) mass is 366 g/mol. The van der Waals surface area contributed by atoms with Crippen LogP contribution in [0.5, 0.6) is 5.75 Å². The van der Waals surface area contributed by atoms with Gasteiger partial charge < -0.3 is 20.9 Å². The number of ether oxygens (including phenoxy) is 1. The van der Waals surface area contributed by atoms with E-state index >= 15 is 0 Å². The number of benzene rings is 2. The number of para-hydroxylation sites is 2.